The van der Waals surface area contributed by atoms with E-state index in [0.717, 1.165) is 19.3 Å². The van der Waals surface area contributed by atoms with Crippen molar-refractivity contribution < 1.29 is 9.90 Å². The van der Waals surface area contributed by atoms with E-state index in [1.807, 2.05) is 6.92 Å². The predicted molar refractivity (Wildman–Crippen MR) is 64.3 cm³/mol. The van der Waals surface area contributed by atoms with Gasteiger partial charge >= 0.3 is 6.03 Å². The maximum absolute atomic E-state index is 11.5. The number of hydrogen-bond donors (Lipinski definition) is 3. The van der Waals surface area contributed by atoms with Crippen LogP contribution in [0.2, 0.25) is 0 Å². The molecule has 0 aromatic carbocycles. The highest BCUT2D eigenvalue weighted by molar-refractivity contribution is 5.74. The largest absolute Gasteiger partial charge is 0.396 e. The molecule has 1 atom stereocenters. The first-order valence-electron chi connectivity index (χ1n) is 6.37. The molecule has 1 aliphatic rings. The van der Waals surface area contributed by atoms with Gasteiger partial charge in [-0.25, -0.2) is 4.79 Å². The van der Waals surface area contributed by atoms with Gasteiger partial charge in [0.05, 0.1) is 0 Å². The molecule has 0 heterocycles. The summed E-state index contributed by atoms with van der Waals surface area (Å²) >= 11 is 0. The van der Waals surface area contributed by atoms with Crippen molar-refractivity contribution in [2.24, 2.45) is 5.92 Å². The highest BCUT2D eigenvalue weighted by Crippen LogP contribution is 2.17. The third kappa shape index (κ3) is 5.35. The number of hydrogen-bond acceptors (Lipinski definition) is 2. The zero-order valence-corrected chi connectivity index (χ0v) is 10.2. The van der Waals surface area contributed by atoms with E-state index in [2.05, 4.69) is 10.6 Å². The number of rotatable bonds is 5. The Labute approximate surface area is 97.8 Å². The molecule has 4 heteroatoms. The van der Waals surface area contributed by atoms with Crippen molar-refractivity contribution in [1.82, 2.24) is 10.6 Å². The molecule has 1 rings (SSSR count). The molecule has 1 fully saturated rings. The van der Waals surface area contributed by atoms with Crippen LogP contribution in [-0.2, 0) is 0 Å². The molecule has 3 N–H and O–H groups in total. The Kier molecular flexibility index (Phi) is 6.23. The van der Waals surface area contributed by atoms with Crippen molar-refractivity contribution in [2.75, 3.05) is 13.2 Å². The van der Waals surface area contributed by atoms with Gasteiger partial charge in [-0.3, -0.25) is 0 Å². The van der Waals surface area contributed by atoms with E-state index < -0.39 is 0 Å². The lowest BCUT2D eigenvalue weighted by atomic mass is 9.96. The number of carbonyl (C=O) groups is 1. The highest BCUT2D eigenvalue weighted by atomic mass is 16.3. The molecular weight excluding hydrogens is 204 g/mol. The van der Waals surface area contributed by atoms with Crippen LogP contribution in [0.5, 0.6) is 0 Å². The number of amides is 2. The average Bonchev–Trinajstić information content (AvgIpc) is 2.28. The Morgan fingerprint density at radius 2 is 2.06 bits per heavy atom. The summed E-state index contributed by atoms with van der Waals surface area (Å²) < 4.78 is 0. The fraction of sp³-hybridized carbons (Fsp3) is 0.917. The first kappa shape index (κ1) is 13.3. The van der Waals surface area contributed by atoms with Crippen LogP contribution in [0.15, 0.2) is 0 Å². The summed E-state index contributed by atoms with van der Waals surface area (Å²) in [5, 5.41) is 14.6. The van der Waals surface area contributed by atoms with Gasteiger partial charge < -0.3 is 15.7 Å². The summed E-state index contributed by atoms with van der Waals surface area (Å²) in [6, 6.07) is 0.304. The molecule has 0 aromatic rings. The summed E-state index contributed by atoms with van der Waals surface area (Å²) in [6.07, 6.45) is 6.72. The summed E-state index contributed by atoms with van der Waals surface area (Å²) in [7, 11) is 0. The van der Waals surface area contributed by atoms with Gasteiger partial charge in [0.2, 0.25) is 0 Å². The van der Waals surface area contributed by atoms with Gasteiger partial charge in [-0.15, -0.1) is 0 Å². The molecule has 0 aromatic heterocycles. The number of aliphatic hydroxyl groups is 1. The maximum Gasteiger partial charge on any atom is 0.315 e. The molecular formula is C12H24N2O2. The third-order valence-corrected chi connectivity index (χ3v) is 3.17. The second-order valence-corrected chi connectivity index (χ2v) is 4.81. The third-order valence-electron chi connectivity index (χ3n) is 3.17. The molecule has 16 heavy (non-hydrogen) atoms. The Balaban J connectivity index is 2.10. The molecule has 0 saturated heterocycles. The van der Waals surface area contributed by atoms with Crippen LogP contribution in [0.1, 0.15) is 45.4 Å². The molecule has 1 saturated carbocycles. The number of carbonyl (C=O) groups excluding carboxylic acids is 1. The Bertz CT molecular complexity index is 203. The number of urea groups is 1. The maximum atomic E-state index is 11.5. The van der Waals surface area contributed by atoms with Gasteiger partial charge in [0, 0.05) is 19.2 Å². The normalized spacial score (nSPS) is 19.1. The van der Waals surface area contributed by atoms with Crippen LogP contribution in [-0.4, -0.2) is 30.3 Å². The Hall–Kier alpha value is -0.770. The van der Waals surface area contributed by atoms with E-state index in [4.69, 9.17) is 5.11 Å². The van der Waals surface area contributed by atoms with Gasteiger partial charge in [-0.2, -0.15) is 0 Å². The van der Waals surface area contributed by atoms with Crippen molar-refractivity contribution in [1.29, 1.82) is 0 Å². The Morgan fingerprint density at radius 1 is 1.38 bits per heavy atom. The van der Waals surface area contributed by atoms with Crippen molar-refractivity contribution in [3.63, 3.8) is 0 Å². The molecule has 2 amide bonds. The van der Waals surface area contributed by atoms with E-state index >= 15 is 0 Å². The molecule has 4 nitrogen and oxygen atoms in total. The van der Waals surface area contributed by atoms with Crippen LogP contribution in [0.4, 0.5) is 4.79 Å². The number of aliphatic hydroxyl groups excluding tert-OH is 1. The molecule has 1 unspecified atom stereocenters. The second kappa shape index (κ2) is 7.49. The van der Waals surface area contributed by atoms with E-state index in [-0.39, 0.29) is 12.6 Å². The molecule has 94 valence electrons. The van der Waals surface area contributed by atoms with Crippen LogP contribution in [0, 0.1) is 5.92 Å². The van der Waals surface area contributed by atoms with E-state index in [1.165, 1.54) is 19.3 Å². The SMILES string of the molecule is CC(CCO)CNC(=O)NC1CCCCC1. The van der Waals surface area contributed by atoms with Crippen molar-refractivity contribution in [2.45, 2.75) is 51.5 Å². The lowest BCUT2D eigenvalue weighted by molar-refractivity contribution is 0.227. The van der Waals surface area contributed by atoms with Gasteiger partial charge in [0.25, 0.3) is 0 Å². The topological polar surface area (TPSA) is 61.4 Å². The van der Waals surface area contributed by atoms with Gasteiger partial charge in [0.1, 0.15) is 0 Å². The fourth-order valence-electron chi connectivity index (χ4n) is 2.07. The number of nitrogens with one attached hydrogen (secondary N) is 2. The van der Waals surface area contributed by atoms with Crippen LogP contribution in [0.25, 0.3) is 0 Å². The summed E-state index contributed by atoms with van der Waals surface area (Å²) in [5.74, 6) is 0.335. The monoisotopic (exact) mass is 228 g/mol. The summed E-state index contributed by atoms with van der Waals surface area (Å²) in [5.41, 5.74) is 0. The van der Waals surface area contributed by atoms with Gasteiger partial charge in [-0.1, -0.05) is 26.2 Å². The molecule has 0 aliphatic heterocycles. The van der Waals surface area contributed by atoms with Gasteiger partial charge in [0.15, 0.2) is 0 Å². The lowest BCUT2D eigenvalue weighted by Gasteiger charge is -2.23. The quantitative estimate of drug-likeness (QED) is 0.670. The predicted octanol–water partition coefficient (Wildman–Crippen LogP) is 1.64. The van der Waals surface area contributed by atoms with Crippen LogP contribution >= 0.6 is 0 Å². The van der Waals surface area contributed by atoms with Crippen LogP contribution in [0.3, 0.4) is 0 Å². The van der Waals surface area contributed by atoms with E-state index in [9.17, 15) is 4.79 Å². The first-order chi connectivity index (χ1) is 7.72. The standard InChI is InChI=1S/C12H24N2O2/c1-10(7-8-15)9-13-12(16)14-11-5-3-2-4-6-11/h10-11,15H,2-9H2,1H3,(H2,13,14,16). The summed E-state index contributed by atoms with van der Waals surface area (Å²) in [6.45, 7) is 2.85. The molecule has 0 bridgehead atoms. The molecule has 0 spiro atoms. The second-order valence-electron chi connectivity index (χ2n) is 4.81. The smallest absolute Gasteiger partial charge is 0.315 e. The highest BCUT2D eigenvalue weighted by Gasteiger charge is 2.15. The minimum atomic E-state index is -0.0586. The summed E-state index contributed by atoms with van der Waals surface area (Å²) in [4.78, 5) is 11.5. The average molecular weight is 228 g/mol. The molecule has 0 radical (unpaired) electrons. The molecule has 1 aliphatic carbocycles. The first-order valence-corrected chi connectivity index (χ1v) is 6.37. The lowest BCUT2D eigenvalue weighted by Crippen LogP contribution is -2.44. The van der Waals surface area contributed by atoms with E-state index in [0.29, 0.717) is 18.5 Å². The minimum absolute atomic E-state index is 0.0586. The fourth-order valence-corrected chi connectivity index (χ4v) is 2.07. The van der Waals surface area contributed by atoms with Crippen LogP contribution < -0.4 is 10.6 Å². The minimum Gasteiger partial charge on any atom is -0.396 e. The van der Waals surface area contributed by atoms with Gasteiger partial charge in [-0.05, 0) is 25.2 Å². The van der Waals surface area contributed by atoms with E-state index in [1.54, 1.807) is 0 Å². The zero-order chi connectivity index (χ0) is 11.8. The Morgan fingerprint density at radius 3 is 2.69 bits per heavy atom. The van der Waals surface area contributed by atoms with Crippen molar-refractivity contribution >= 4 is 6.03 Å². The van der Waals surface area contributed by atoms with Crippen molar-refractivity contribution in [3.05, 3.63) is 0 Å². The zero-order valence-electron chi connectivity index (χ0n) is 10.2. The van der Waals surface area contributed by atoms with Crippen molar-refractivity contribution in [3.8, 4) is 0 Å².